The number of aliphatic hydroxyl groups is 1. The molecule has 0 saturated carbocycles. The molecule has 0 radical (unpaired) electrons. The monoisotopic (exact) mass is 590 g/mol. The molecule has 0 saturated heterocycles. The summed E-state index contributed by atoms with van der Waals surface area (Å²) in [5.74, 6) is -0.195. The van der Waals surface area contributed by atoms with Crippen LogP contribution in [0.25, 0.3) is 16.9 Å². The van der Waals surface area contributed by atoms with Gasteiger partial charge in [-0.1, -0.05) is 78.1 Å². The molecule has 0 bridgehead atoms. The van der Waals surface area contributed by atoms with Crippen LogP contribution in [0.3, 0.4) is 0 Å². The van der Waals surface area contributed by atoms with Gasteiger partial charge in [-0.3, -0.25) is 4.79 Å². The van der Waals surface area contributed by atoms with Crippen LogP contribution in [0.5, 0.6) is 0 Å². The van der Waals surface area contributed by atoms with E-state index in [4.69, 9.17) is 4.98 Å². The summed E-state index contributed by atoms with van der Waals surface area (Å²) in [6, 6.07) is 18.7. The van der Waals surface area contributed by atoms with Crippen LogP contribution in [0.15, 0.2) is 75.8 Å². The Balaban J connectivity index is 1.82. The number of imidazole rings is 1. The zero-order valence-corrected chi connectivity index (χ0v) is 20.6. The summed E-state index contributed by atoms with van der Waals surface area (Å²) < 4.78 is 3.71. The molecule has 152 valence electrons. The molecule has 2 aromatic carbocycles. The number of nitrogens with zero attached hydrogens (tertiary/aromatic N) is 2. The first kappa shape index (κ1) is 21.4. The number of Topliss-reactive ketones (excluding diaryl/α,β-unsaturated/α-hetero) is 1. The van der Waals surface area contributed by atoms with Crippen molar-refractivity contribution in [1.29, 1.82) is 0 Å². The molecular weight excluding hydrogens is 576 g/mol. The number of alkyl halides is 1. The summed E-state index contributed by atoms with van der Waals surface area (Å²) in [5, 5.41) is 11.3. The highest BCUT2D eigenvalue weighted by molar-refractivity contribution is 9.10. The molecule has 2 unspecified atom stereocenters. The lowest BCUT2D eigenvalue weighted by Gasteiger charge is -2.18. The van der Waals surface area contributed by atoms with Gasteiger partial charge in [0, 0.05) is 26.3 Å². The zero-order valence-electron chi connectivity index (χ0n) is 15.9. The van der Waals surface area contributed by atoms with Crippen molar-refractivity contribution < 1.29 is 9.90 Å². The molecule has 0 fully saturated rings. The number of benzene rings is 2. The lowest BCUT2D eigenvalue weighted by atomic mass is 10.0. The van der Waals surface area contributed by atoms with Gasteiger partial charge in [0.05, 0.1) is 11.4 Å². The van der Waals surface area contributed by atoms with E-state index >= 15 is 0 Å². The van der Waals surface area contributed by atoms with Gasteiger partial charge < -0.3 is 9.51 Å². The molecule has 0 amide bonds. The van der Waals surface area contributed by atoms with Crippen LogP contribution in [0.1, 0.15) is 27.7 Å². The smallest absolute Gasteiger partial charge is 0.179 e. The van der Waals surface area contributed by atoms with E-state index in [9.17, 15) is 9.90 Å². The number of fused-ring (bicyclic) bond motifs is 1. The highest BCUT2D eigenvalue weighted by atomic mass is 79.9. The molecule has 2 heterocycles. The number of pyridine rings is 1. The fourth-order valence-electron chi connectivity index (χ4n) is 3.38. The summed E-state index contributed by atoms with van der Waals surface area (Å²) in [5.41, 5.74) is 4.35. The standard InChI is InChI=1S/C23H17Br3N2O2/c1-13-3-2-12-28-20(19(27-23(13)28)14-4-8-16(24)9-5-14)22(30)18(26)21(29)15-6-10-17(25)11-7-15/h2-12,18,22,30H,1H3. The molecule has 2 atom stereocenters. The van der Waals surface area contributed by atoms with E-state index < -0.39 is 10.9 Å². The lowest BCUT2D eigenvalue weighted by molar-refractivity contribution is 0.0898. The normalized spacial score (nSPS) is 13.4. The van der Waals surface area contributed by atoms with E-state index in [1.54, 1.807) is 12.1 Å². The summed E-state index contributed by atoms with van der Waals surface area (Å²) >= 11 is 10.3. The number of carbonyl (C=O) groups excluding carboxylic acids is 1. The van der Waals surface area contributed by atoms with Gasteiger partial charge in [-0.15, -0.1) is 0 Å². The summed E-state index contributed by atoms with van der Waals surface area (Å²) in [4.78, 5) is 17.0. The van der Waals surface area contributed by atoms with Gasteiger partial charge in [-0.2, -0.15) is 0 Å². The maximum atomic E-state index is 13.0. The van der Waals surface area contributed by atoms with Crippen molar-refractivity contribution in [1.82, 2.24) is 9.38 Å². The molecule has 4 nitrogen and oxygen atoms in total. The Bertz CT molecular complexity index is 1220. The van der Waals surface area contributed by atoms with Gasteiger partial charge in [0.15, 0.2) is 5.78 Å². The molecule has 0 spiro atoms. The van der Waals surface area contributed by atoms with Crippen molar-refractivity contribution in [3.8, 4) is 11.3 Å². The first-order valence-electron chi connectivity index (χ1n) is 9.22. The molecule has 7 heteroatoms. The third-order valence-corrected chi connectivity index (χ3v) is 6.91. The average molecular weight is 593 g/mol. The predicted octanol–water partition coefficient (Wildman–Crippen LogP) is 6.51. The Morgan fingerprint density at radius 3 is 2.23 bits per heavy atom. The zero-order chi connectivity index (χ0) is 21.4. The molecule has 2 aromatic heterocycles. The van der Waals surface area contributed by atoms with Crippen LogP contribution in [0.2, 0.25) is 0 Å². The molecular formula is C23H17Br3N2O2. The number of hydrogen-bond donors (Lipinski definition) is 1. The maximum Gasteiger partial charge on any atom is 0.179 e. The van der Waals surface area contributed by atoms with Crippen LogP contribution in [-0.2, 0) is 0 Å². The second-order valence-electron chi connectivity index (χ2n) is 6.96. The highest BCUT2D eigenvalue weighted by Crippen LogP contribution is 2.35. The fourth-order valence-corrected chi connectivity index (χ4v) is 4.42. The molecule has 0 aliphatic rings. The second-order valence-corrected chi connectivity index (χ2v) is 9.77. The van der Waals surface area contributed by atoms with E-state index in [2.05, 4.69) is 47.8 Å². The van der Waals surface area contributed by atoms with Crippen molar-refractivity contribution >= 4 is 59.2 Å². The topological polar surface area (TPSA) is 54.6 Å². The third-order valence-electron chi connectivity index (χ3n) is 4.94. The molecule has 1 N–H and O–H groups in total. The Hall–Kier alpha value is -1.80. The molecule has 4 aromatic rings. The third kappa shape index (κ3) is 4.04. The van der Waals surface area contributed by atoms with Gasteiger partial charge >= 0.3 is 0 Å². The van der Waals surface area contributed by atoms with Crippen LogP contribution < -0.4 is 0 Å². The van der Waals surface area contributed by atoms with Crippen LogP contribution in [0.4, 0.5) is 0 Å². The van der Waals surface area contributed by atoms with E-state index in [0.29, 0.717) is 17.0 Å². The van der Waals surface area contributed by atoms with E-state index in [0.717, 1.165) is 25.7 Å². The number of halogens is 3. The van der Waals surface area contributed by atoms with E-state index in [1.807, 2.05) is 66.1 Å². The maximum absolute atomic E-state index is 13.0. The van der Waals surface area contributed by atoms with E-state index in [1.165, 1.54) is 0 Å². The van der Waals surface area contributed by atoms with E-state index in [-0.39, 0.29) is 5.78 Å². The molecule has 30 heavy (non-hydrogen) atoms. The van der Waals surface area contributed by atoms with Crippen molar-refractivity contribution in [2.45, 2.75) is 17.9 Å². The summed E-state index contributed by atoms with van der Waals surface area (Å²) in [7, 11) is 0. The minimum absolute atomic E-state index is 0.195. The first-order chi connectivity index (χ1) is 14.4. The van der Waals surface area contributed by atoms with Crippen LogP contribution in [0, 0.1) is 6.92 Å². The lowest BCUT2D eigenvalue weighted by Crippen LogP contribution is -2.24. The van der Waals surface area contributed by atoms with Crippen LogP contribution >= 0.6 is 47.8 Å². The molecule has 0 aliphatic heterocycles. The number of ketones is 1. The Labute approximate surface area is 199 Å². The SMILES string of the molecule is Cc1cccn2c(C(O)C(Br)C(=O)c3ccc(Br)cc3)c(-c3ccc(Br)cc3)nc12. The number of carbonyl (C=O) groups is 1. The number of aryl methyl sites for hydroxylation is 1. The molecule has 4 rings (SSSR count). The minimum atomic E-state index is -1.10. The fraction of sp³-hybridized carbons (Fsp3) is 0.130. The van der Waals surface area contributed by atoms with Crippen molar-refractivity contribution in [2.75, 3.05) is 0 Å². The largest absolute Gasteiger partial charge is 0.385 e. The summed E-state index contributed by atoms with van der Waals surface area (Å²) in [6.45, 7) is 1.97. The van der Waals surface area contributed by atoms with Crippen LogP contribution in [-0.4, -0.2) is 25.1 Å². The minimum Gasteiger partial charge on any atom is -0.385 e. The second kappa shape index (κ2) is 8.75. The quantitative estimate of drug-likeness (QED) is 0.212. The Kier molecular flexibility index (Phi) is 6.25. The van der Waals surface area contributed by atoms with Crippen molar-refractivity contribution in [3.05, 3.63) is 92.6 Å². The number of aliphatic hydroxyl groups excluding tert-OH is 1. The van der Waals surface area contributed by atoms with Gasteiger partial charge in [0.1, 0.15) is 16.6 Å². The average Bonchev–Trinajstić information content (AvgIpc) is 3.14. The van der Waals surface area contributed by atoms with Crippen molar-refractivity contribution in [2.24, 2.45) is 0 Å². The predicted molar refractivity (Wildman–Crippen MR) is 129 cm³/mol. The Morgan fingerprint density at radius 2 is 1.60 bits per heavy atom. The number of hydrogen-bond acceptors (Lipinski definition) is 3. The summed E-state index contributed by atoms with van der Waals surface area (Å²) in [6.07, 6.45) is 0.761. The number of aromatic nitrogens is 2. The van der Waals surface area contributed by atoms with Gasteiger partial charge in [0.2, 0.25) is 0 Å². The first-order valence-corrected chi connectivity index (χ1v) is 11.7. The van der Waals surface area contributed by atoms with Gasteiger partial charge in [0.25, 0.3) is 0 Å². The number of rotatable bonds is 5. The van der Waals surface area contributed by atoms with Crippen molar-refractivity contribution in [3.63, 3.8) is 0 Å². The Morgan fingerprint density at radius 1 is 1.00 bits per heavy atom. The highest BCUT2D eigenvalue weighted by Gasteiger charge is 2.31. The van der Waals surface area contributed by atoms with Gasteiger partial charge in [-0.05, 0) is 42.8 Å². The molecule has 0 aliphatic carbocycles. The van der Waals surface area contributed by atoms with Gasteiger partial charge in [-0.25, -0.2) is 4.98 Å².